The molecule has 0 aliphatic carbocycles. The number of nitrogens with one attached hydrogen (secondary N) is 1. The highest BCUT2D eigenvalue weighted by molar-refractivity contribution is 6.27. The van der Waals surface area contributed by atoms with Gasteiger partial charge in [0.2, 0.25) is 5.91 Å². The fraction of sp³-hybridized carbons (Fsp3) is 0.188. The lowest BCUT2D eigenvalue weighted by molar-refractivity contribution is -0.120. The summed E-state index contributed by atoms with van der Waals surface area (Å²) < 4.78 is 0. The molecule has 2 unspecified atom stereocenters. The predicted molar refractivity (Wildman–Crippen MR) is 79.4 cm³/mol. The number of benzene rings is 2. The van der Waals surface area contributed by atoms with Crippen LogP contribution in [0.25, 0.3) is 0 Å². The van der Waals surface area contributed by atoms with Crippen molar-refractivity contribution in [1.29, 1.82) is 0 Å². The Kier molecular flexibility index (Phi) is 5.16. The molecular weight excluding hydrogens is 274 g/mol. The Morgan fingerprint density at radius 2 is 1.50 bits per heavy atom. The van der Waals surface area contributed by atoms with E-state index in [9.17, 15) is 9.90 Å². The minimum absolute atomic E-state index is 0.134. The zero-order chi connectivity index (χ0) is 14.4. The number of carbonyl (C=O) groups excluding carboxylic acids is 1. The first-order chi connectivity index (χ1) is 9.72. The highest BCUT2D eigenvalue weighted by atomic mass is 35.5. The van der Waals surface area contributed by atoms with Crippen LogP contribution in [0.15, 0.2) is 60.7 Å². The number of alkyl halides is 1. The molecule has 2 rings (SSSR count). The Morgan fingerprint density at radius 1 is 1.00 bits per heavy atom. The van der Waals surface area contributed by atoms with Gasteiger partial charge in [-0.2, -0.15) is 0 Å². The molecule has 2 N–H and O–H groups in total. The number of hydrogen-bond acceptors (Lipinski definition) is 2. The van der Waals surface area contributed by atoms with Gasteiger partial charge < -0.3 is 10.4 Å². The molecule has 0 heterocycles. The van der Waals surface area contributed by atoms with Crippen molar-refractivity contribution in [2.45, 2.75) is 12.1 Å². The third-order valence-electron chi connectivity index (χ3n) is 3.05. The van der Waals surface area contributed by atoms with Crippen molar-refractivity contribution in [2.75, 3.05) is 5.88 Å². The maximum atomic E-state index is 11.6. The molecule has 2 aromatic rings. The van der Waals surface area contributed by atoms with E-state index in [1.54, 1.807) is 0 Å². The van der Waals surface area contributed by atoms with Crippen molar-refractivity contribution in [1.82, 2.24) is 5.32 Å². The average molecular weight is 290 g/mol. The molecule has 2 aromatic carbocycles. The summed E-state index contributed by atoms with van der Waals surface area (Å²) in [7, 11) is 0. The number of amides is 1. The number of aliphatic hydroxyl groups excluding tert-OH is 1. The number of carbonyl (C=O) groups is 1. The Bertz CT molecular complexity index is 545. The first kappa shape index (κ1) is 14.6. The molecule has 0 saturated carbocycles. The van der Waals surface area contributed by atoms with Gasteiger partial charge >= 0.3 is 0 Å². The Morgan fingerprint density at radius 3 is 2.00 bits per heavy atom. The molecule has 0 bridgehead atoms. The van der Waals surface area contributed by atoms with E-state index in [4.69, 9.17) is 11.6 Å². The van der Waals surface area contributed by atoms with E-state index in [0.29, 0.717) is 0 Å². The SMILES string of the molecule is O=C(CCl)NC(c1ccccc1)C(O)c1ccccc1. The number of halogens is 1. The summed E-state index contributed by atoms with van der Waals surface area (Å²) in [5, 5.41) is 13.3. The van der Waals surface area contributed by atoms with Crippen molar-refractivity contribution in [3.8, 4) is 0 Å². The smallest absolute Gasteiger partial charge is 0.235 e. The fourth-order valence-electron chi connectivity index (χ4n) is 2.06. The molecule has 0 radical (unpaired) electrons. The molecule has 2 atom stereocenters. The lowest BCUT2D eigenvalue weighted by atomic mass is 9.96. The zero-order valence-electron chi connectivity index (χ0n) is 10.9. The Balaban J connectivity index is 2.29. The molecule has 0 aromatic heterocycles. The predicted octanol–water partition coefficient (Wildman–Crippen LogP) is 2.82. The van der Waals surface area contributed by atoms with Crippen LogP contribution in [-0.2, 0) is 4.79 Å². The lowest BCUT2D eigenvalue weighted by Crippen LogP contribution is -2.33. The quantitative estimate of drug-likeness (QED) is 0.832. The molecule has 0 spiro atoms. The van der Waals surface area contributed by atoms with Crippen LogP contribution in [0.2, 0.25) is 0 Å². The van der Waals surface area contributed by atoms with E-state index in [-0.39, 0.29) is 11.8 Å². The van der Waals surface area contributed by atoms with E-state index in [1.165, 1.54) is 0 Å². The van der Waals surface area contributed by atoms with Crippen LogP contribution in [0.3, 0.4) is 0 Å². The monoisotopic (exact) mass is 289 g/mol. The van der Waals surface area contributed by atoms with Gasteiger partial charge in [0, 0.05) is 0 Å². The van der Waals surface area contributed by atoms with E-state index >= 15 is 0 Å². The third-order valence-corrected chi connectivity index (χ3v) is 3.30. The first-order valence-electron chi connectivity index (χ1n) is 6.35. The van der Waals surface area contributed by atoms with Crippen LogP contribution in [0.1, 0.15) is 23.3 Å². The summed E-state index contributed by atoms with van der Waals surface area (Å²) in [5.74, 6) is -0.444. The zero-order valence-corrected chi connectivity index (χ0v) is 11.6. The van der Waals surface area contributed by atoms with Crippen LogP contribution < -0.4 is 5.32 Å². The average Bonchev–Trinajstić information content (AvgIpc) is 2.53. The number of rotatable bonds is 5. The molecule has 0 saturated heterocycles. The van der Waals surface area contributed by atoms with Crippen molar-refractivity contribution in [2.24, 2.45) is 0 Å². The minimum atomic E-state index is -0.828. The van der Waals surface area contributed by atoms with Crippen molar-refractivity contribution in [3.63, 3.8) is 0 Å². The minimum Gasteiger partial charge on any atom is -0.386 e. The molecule has 0 aliphatic heterocycles. The molecule has 104 valence electrons. The fourth-order valence-corrected chi connectivity index (χ4v) is 2.14. The summed E-state index contributed by atoms with van der Waals surface area (Å²) in [6.45, 7) is 0. The van der Waals surface area contributed by atoms with Gasteiger partial charge in [-0.1, -0.05) is 60.7 Å². The normalized spacial score (nSPS) is 13.5. The summed E-state index contributed by atoms with van der Waals surface area (Å²) in [4.78, 5) is 11.6. The second-order valence-electron chi connectivity index (χ2n) is 4.45. The van der Waals surface area contributed by atoms with Crippen LogP contribution in [0.4, 0.5) is 0 Å². The van der Waals surface area contributed by atoms with E-state index in [0.717, 1.165) is 11.1 Å². The molecule has 20 heavy (non-hydrogen) atoms. The maximum Gasteiger partial charge on any atom is 0.235 e. The summed E-state index contributed by atoms with van der Waals surface area (Å²) in [6, 6.07) is 18.1. The highest BCUT2D eigenvalue weighted by Crippen LogP contribution is 2.28. The summed E-state index contributed by atoms with van der Waals surface area (Å²) >= 11 is 5.54. The summed E-state index contributed by atoms with van der Waals surface area (Å²) in [5.41, 5.74) is 1.58. The van der Waals surface area contributed by atoms with Crippen LogP contribution in [-0.4, -0.2) is 16.9 Å². The van der Waals surface area contributed by atoms with Crippen LogP contribution in [0.5, 0.6) is 0 Å². The van der Waals surface area contributed by atoms with E-state index in [2.05, 4.69) is 5.32 Å². The van der Waals surface area contributed by atoms with Gasteiger partial charge in [0.15, 0.2) is 0 Å². The van der Waals surface area contributed by atoms with Gasteiger partial charge in [-0.25, -0.2) is 0 Å². The van der Waals surface area contributed by atoms with Gasteiger partial charge in [-0.15, -0.1) is 11.6 Å². The Labute approximate surface area is 123 Å². The lowest BCUT2D eigenvalue weighted by Gasteiger charge is -2.24. The first-order valence-corrected chi connectivity index (χ1v) is 6.89. The van der Waals surface area contributed by atoms with Crippen LogP contribution in [0, 0.1) is 0 Å². The van der Waals surface area contributed by atoms with Crippen molar-refractivity contribution >= 4 is 17.5 Å². The van der Waals surface area contributed by atoms with Gasteiger partial charge in [-0.3, -0.25) is 4.79 Å². The standard InChI is InChI=1S/C16H16ClNO2/c17-11-14(19)18-15(12-7-3-1-4-8-12)16(20)13-9-5-2-6-10-13/h1-10,15-16,20H,11H2,(H,18,19). The maximum absolute atomic E-state index is 11.6. The number of aliphatic hydroxyl groups is 1. The summed E-state index contributed by atoms with van der Waals surface area (Å²) in [6.07, 6.45) is -0.828. The molecule has 1 amide bonds. The molecule has 3 nitrogen and oxygen atoms in total. The molecule has 4 heteroatoms. The topological polar surface area (TPSA) is 49.3 Å². The third kappa shape index (κ3) is 3.59. The van der Waals surface area contributed by atoms with Gasteiger partial charge in [0.05, 0.1) is 6.04 Å². The van der Waals surface area contributed by atoms with Gasteiger partial charge in [0.1, 0.15) is 12.0 Å². The van der Waals surface area contributed by atoms with Gasteiger partial charge in [0.25, 0.3) is 0 Å². The van der Waals surface area contributed by atoms with Crippen molar-refractivity contribution < 1.29 is 9.90 Å². The van der Waals surface area contributed by atoms with Gasteiger partial charge in [-0.05, 0) is 11.1 Å². The van der Waals surface area contributed by atoms with E-state index < -0.39 is 12.1 Å². The molecule has 0 fully saturated rings. The Hall–Kier alpha value is -1.84. The highest BCUT2D eigenvalue weighted by Gasteiger charge is 2.23. The second-order valence-corrected chi connectivity index (χ2v) is 4.71. The molecule has 0 aliphatic rings. The number of hydrogen-bond donors (Lipinski definition) is 2. The van der Waals surface area contributed by atoms with Crippen molar-refractivity contribution in [3.05, 3.63) is 71.8 Å². The van der Waals surface area contributed by atoms with Crippen LogP contribution >= 0.6 is 11.6 Å². The molecular formula is C16H16ClNO2. The van der Waals surface area contributed by atoms with E-state index in [1.807, 2.05) is 60.7 Å². The largest absolute Gasteiger partial charge is 0.386 e. The second kappa shape index (κ2) is 7.08.